The van der Waals surface area contributed by atoms with Gasteiger partial charge in [0, 0.05) is 17.0 Å². The summed E-state index contributed by atoms with van der Waals surface area (Å²) in [6.07, 6.45) is -4.63. The third kappa shape index (κ3) is 4.19. The van der Waals surface area contributed by atoms with Crippen molar-refractivity contribution < 1.29 is 27.5 Å². The monoisotopic (exact) mass is 471 g/mol. The lowest BCUT2D eigenvalue weighted by Crippen LogP contribution is -2.16. The number of nitrogens with zero attached hydrogens (tertiary/aromatic N) is 1. The lowest BCUT2D eigenvalue weighted by atomic mass is 9.99. The lowest BCUT2D eigenvalue weighted by molar-refractivity contribution is -0.137. The van der Waals surface area contributed by atoms with Crippen LogP contribution in [0.3, 0.4) is 0 Å². The molecule has 2 aromatic carbocycles. The summed E-state index contributed by atoms with van der Waals surface area (Å²) in [4.78, 5) is 39.0. The number of pyridine rings is 1. The zero-order valence-corrected chi connectivity index (χ0v) is 18.0. The van der Waals surface area contributed by atoms with Crippen LogP contribution in [0, 0.1) is 0 Å². The van der Waals surface area contributed by atoms with Crippen LogP contribution in [0.25, 0.3) is 15.9 Å². The Bertz CT molecular complexity index is 1420. The molecule has 2 aromatic heterocycles. The lowest BCUT2D eigenvalue weighted by Gasteiger charge is -2.09. The molecule has 0 radical (unpaired) electrons. The van der Waals surface area contributed by atoms with Gasteiger partial charge in [0.1, 0.15) is 9.71 Å². The second-order valence-corrected chi connectivity index (χ2v) is 7.99. The van der Waals surface area contributed by atoms with Gasteiger partial charge in [-0.1, -0.05) is 30.3 Å². The Labute approximate surface area is 189 Å². The van der Waals surface area contributed by atoms with Crippen LogP contribution in [-0.2, 0) is 10.9 Å². The highest BCUT2D eigenvalue weighted by atomic mass is 32.1. The van der Waals surface area contributed by atoms with E-state index in [-0.39, 0.29) is 33.6 Å². The first-order valence-corrected chi connectivity index (χ1v) is 10.7. The summed E-state index contributed by atoms with van der Waals surface area (Å²) in [5, 5.41) is 0.272. The predicted octanol–water partition coefficient (Wildman–Crippen LogP) is 5.48. The third-order valence-corrected chi connectivity index (χ3v) is 6.07. The number of ether oxygens (including phenoxy) is 1. The Kier molecular flexibility index (Phi) is 5.90. The van der Waals surface area contributed by atoms with Crippen LogP contribution in [-0.4, -0.2) is 22.9 Å². The Morgan fingerprint density at radius 1 is 1.00 bits per heavy atom. The molecule has 9 heteroatoms. The van der Waals surface area contributed by atoms with Crippen LogP contribution in [0.4, 0.5) is 13.2 Å². The van der Waals surface area contributed by atoms with E-state index in [1.807, 2.05) is 0 Å². The Hall–Kier alpha value is -3.72. The van der Waals surface area contributed by atoms with Crippen LogP contribution in [0.1, 0.15) is 38.1 Å². The normalized spacial score (nSPS) is 11.5. The highest BCUT2D eigenvalue weighted by Gasteiger charge is 2.32. The average molecular weight is 471 g/mol. The summed E-state index contributed by atoms with van der Waals surface area (Å²) >= 11 is 0.886. The number of thiophene rings is 1. The number of carbonyl (C=O) groups excluding carboxylic acids is 2. The molecular formula is C24H16F3NO4S. The van der Waals surface area contributed by atoms with E-state index >= 15 is 0 Å². The second-order valence-electron chi connectivity index (χ2n) is 7.00. The smallest absolute Gasteiger partial charge is 0.416 e. The molecule has 5 nitrogen and oxygen atoms in total. The first-order valence-electron chi connectivity index (χ1n) is 9.85. The van der Waals surface area contributed by atoms with Crippen LogP contribution < -0.4 is 5.56 Å². The van der Waals surface area contributed by atoms with E-state index in [0.717, 1.165) is 29.5 Å². The molecule has 168 valence electrons. The molecule has 0 aliphatic heterocycles. The van der Waals surface area contributed by atoms with Crippen LogP contribution in [0.15, 0.2) is 71.5 Å². The molecule has 0 aliphatic carbocycles. The van der Waals surface area contributed by atoms with Crippen LogP contribution in [0.5, 0.6) is 0 Å². The van der Waals surface area contributed by atoms with Gasteiger partial charge in [-0.15, -0.1) is 11.3 Å². The van der Waals surface area contributed by atoms with Crippen molar-refractivity contribution in [2.75, 3.05) is 6.61 Å². The molecule has 0 saturated heterocycles. The van der Waals surface area contributed by atoms with Gasteiger partial charge in [-0.05, 0) is 37.3 Å². The van der Waals surface area contributed by atoms with Crippen molar-refractivity contribution >= 4 is 33.3 Å². The fourth-order valence-electron chi connectivity index (χ4n) is 3.45. The van der Waals surface area contributed by atoms with Gasteiger partial charge in [0.05, 0.1) is 23.4 Å². The molecule has 0 spiro atoms. The minimum atomic E-state index is -4.63. The number of para-hydroxylation sites is 1. The van der Waals surface area contributed by atoms with E-state index in [4.69, 9.17) is 4.74 Å². The topological polar surface area (TPSA) is 65.4 Å². The summed E-state index contributed by atoms with van der Waals surface area (Å²) in [5.41, 5.74) is -1.18. The maximum absolute atomic E-state index is 13.4. The molecular weight excluding hydrogens is 455 g/mol. The highest BCUT2D eigenvalue weighted by molar-refractivity contribution is 7.21. The maximum atomic E-state index is 13.4. The number of rotatable bonds is 5. The average Bonchev–Trinajstić information content (AvgIpc) is 3.18. The summed E-state index contributed by atoms with van der Waals surface area (Å²) in [6.45, 7) is 1.63. The van der Waals surface area contributed by atoms with Gasteiger partial charge < -0.3 is 4.74 Å². The van der Waals surface area contributed by atoms with Crippen molar-refractivity contribution in [3.8, 4) is 5.69 Å². The van der Waals surface area contributed by atoms with Crippen molar-refractivity contribution in [2.45, 2.75) is 13.1 Å². The summed E-state index contributed by atoms with van der Waals surface area (Å²) < 4.78 is 46.0. The number of hydrogen-bond donors (Lipinski definition) is 0. The maximum Gasteiger partial charge on any atom is 0.416 e. The van der Waals surface area contributed by atoms with Crippen molar-refractivity contribution in [2.24, 2.45) is 0 Å². The first kappa shape index (κ1) is 22.5. The Balaban J connectivity index is 1.99. The summed E-state index contributed by atoms with van der Waals surface area (Å²) in [5.74, 6) is -1.56. The molecule has 0 aliphatic rings. The number of esters is 1. The van der Waals surface area contributed by atoms with Gasteiger partial charge in [0.25, 0.3) is 5.56 Å². The first-order chi connectivity index (χ1) is 15.7. The van der Waals surface area contributed by atoms with E-state index in [1.54, 1.807) is 37.3 Å². The Morgan fingerprint density at radius 3 is 2.39 bits per heavy atom. The number of alkyl halides is 3. The van der Waals surface area contributed by atoms with Crippen molar-refractivity contribution in [3.05, 3.63) is 98.7 Å². The summed E-state index contributed by atoms with van der Waals surface area (Å²) in [7, 11) is 0. The van der Waals surface area contributed by atoms with E-state index in [9.17, 15) is 27.6 Å². The fraction of sp³-hybridized carbons (Fsp3) is 0.125. The SMILES string of the molecule is CCOC(=O)c1sc2c(ccc(=O)n2-c2ccccc2)c1C(=O)c1cccc(C(F)(F)F)c1. The fourth-order valence-corrected chi connectivity index (χ4v) is 4.66. The molecule has 0 amide bonds. The third-order valence-electron chi connectivity index (χ3n) is 4.90. The molecule has 0 atom stereocenters. The van der Waals surface area contributed by atoms with Gasteiger partial charge in [-0.25, -0.2) is 4.79 Å². The quantitative estimate of drug-likeness (QED) is 0.286. The molecule has 0 unspecified atom stereocenters. The van der Waals surface area contributed by atoms with Gasteiger partial charge in [-0.2, -0.15) is 13.2 Å². The number of benzene rings is 2. The van der Waals surface area contributed by atoms with E-state index in [1.165, 1.54) is 22.8 Å². The van der Waals surface area contributed by atoms with Crippen LogP contribution in [0.2, 0.25) is 0 Å². The predicted molar refractivity (Wildman–Crippen MR) is 118 cm³/mol. The standard InChI is InChI=1S/C24H16F3NO4S/c1-2-32-23(31)21-19(20(30)14-7-6-8-15(13-14)24(25,26)27)17-11-12-18(29)28(22(17)33-21)16-9-4-3-5-10-16/h3-13H,2H2,1H3. The Morgan fingerprint density at radius 2 is 1.73 bits per heavy atom. The number of carbonyl (C=O) groups is 2. The number of hydrogen-bond acceptors (Lipinski definition) is 5. The van der Waals surface area contributed by atoms with Gasteiger partial charge in [-0.3, -0.25) is 14.2 Å². The van der Waals surface area contributed by atoms with E-state index in [2.05, 4.69) is 0 Å². The minimum absolute atomic E-state index is 0.0375. The van der Waals surface area contributed by atoms with E-state index < -0.39 is 23.5 Å². The molecule has 2 heterocycles. The molecule has 0 N–H and O–H groups in total. The van der Waals surface area contributed by atoms with Gasteiger partial charge >= 0.3 is 12.1 Å². The molecule has 4 rings (SSSR count). The zero-order valence-electron chi connectivity index (χ0n) is 17.2. The number of halogens is 3. The van der Waals surface area contributed by atoms with Crippen molar-refractivity contribution in [1.29, 1.82) is 0 Å². The van der Waals surface area contributed by atoms with Gasteiger partial charge in [0.2, 0.25) is 0 Å². The van der Waals surface area contributed by atoms with Crippen molar-refractivity contribution in [3.63, 3.8) is 0 Å². The number of ketones is 1. The molecule has 0 saturated carbocycles. The van der Waals surface area contributed by atoms with Crippen LogP contribution >= 0.6 is 11.3 Å². The number of fused-ring (bicyclic) bond motifs is 1. The summed E-state index contributed by atoms with van der Waals surface area (Å²) in [6, 6.07) is 15.3. The molecule has 0 bridgehead atoms. The molecule has 0 fully saturated rings. The van der Waals surface area contributed by atoms with Gasteiger partial charge in [0.15, 0.2) is 5.78 Å². The number of aromatic nitrogens is 1. The van der Waals surface area contributed by atoms with E-state index in [0.29, 0.717) is 10.5 Å². The molecule has 33 heavy (non-hydrogen) atoms. The largest absolute Gasteiger partial charge is 0.462 e. The second kappa shape index (κ2) is 8.67. The zero-order chi connectivity index (χ0) is 23.8. The molecule has 4 aromatic rings. The minimum Gasteiger partial charge on any atom is -0.462 e. The highest BCUT2D eigenvalue weighted by Crippen LogP contribution is 2.35. The van der Waals surface area contributed by atoms with Crippen molar-refractivity contribution in [1.82, 2.24) is 4.57 Å².